The average Bonchev–Trinajstić information content (AvgIpc) is 2.88. The molecule has 1 saturated heterocycles. The molecule has 0 spiro atoms. The number of methoxy groups -OCH3 is 1. The minimum atomic E-state index is -3.79. The van der Waals surface area contributed by atoms with Crippen molar-refractivity contribution in [1.29, 1.82) is 0 Å². The van der Waals surface area contributed by atoms with Gasteiger partial charge in [-0.15, -0.1) is 0 Å². The number of fused-ring (bicyclic) bond motifs is 1. The third-order valence-corrected chi connectivity index (χ3v) is 5.54. The first-order chi connectivity index (χ1) is 10.4. The Bertz CT molecular complexity index is 853. The van der Waals surface area contributed by atoms with Crippen LogP contribution in [-0.2, 0) is 13.8 Å². The number of hydrogen-bond acceptors (Lipinski definition) is 5. The Balaban J connectivity index is 2.12. The summed E-state index contributed by atoms with van der Waals surface area (Å²) < 4.78 is 28.2. The Hall–Kier alpha value is -1.86. The van der Waals surface area contributed by atoms with Crippen LogP contribution in [0, 0.1) is 0 Å². The van der Waals surface area contributed by atoms with Crippen LogP contribution in [0.15, 0.2) is 30.5 Å². The van der Waals surface area contributed by atoms with Crippen molar-refractivity contribution in [2.75, 3.05) is 18.6 Å². The summed E-state index contributed by atoms with van der Waals surface area (Å²) in [5.41, 5.74) is 1.15. The predicted molar refractivity (Wildman–Crippen MR) is 83.8 cm³/mol. The van der Waals surface area contributed by atoms with E-state index in [4.69, 9.17) is 15.4 Å². The number of carbonyl (C=O) groups excluding carboxylic acids is 1. The van der Waals surface area contributed by atoms with Crippen LogP contribution in [0.5, 0.6) is 5.75 Å². The molecule has 1 aliphatic heterocycles. The van der Waals surface area contributed by atoms with Gasteiger partial charge in [0, 0.05) is 41.3 Å². The van der Waals surface area contributed by atoms with Crippen molar-refractivity contribution in [2.45, 2.75) is 11.7 Å². The molecule has 1 aromatic heterocycles. The number of rotatable bonds is 3. The lowest BCUT2D eigenvalue weighted by atomic mass is 10.1. The minimum absolute atomic E-state index is 0.0174. The summed E-state index contributed by atoms with van der Waals surface area (Å²) in [4.78, 5) is 17.9. The van der Waals surface area contributed by atoms with Gasteiger partial charge in [-0.25, -0.2) is 8.42 Å². The van der Waals surface area contributed by atoms with E-state index in [1.165, 1.54) is 12.0 Å². The Morgan fingerprint density at radius 2 is 2.18 bits per heavy atom. The van der Waals surface area contributed by atoms with Gasteiger partial charge >= 0.3 is 0 Å². The van der Waals surface area contributed by atoms with E-state index in [2.05, 4.69) is 4.98 Å². The summed E-state index contributed by atoms with van der Waals surface area (Å²) in [7, 11) is 3.13. The number of benzene rings is 1. The second kappa shape index (κ2) is 5.40. The van der Waals surface area contributed by atoms with E-state index in [0.29, 0.717) is 17.0 Å². The molecule has 1 aliphatic rings. The summed E-state index contributed by atoms with van der Waals surface area (Å²) in [5.74, 6) is 0.273. The Morgan fingerprint density at radius 3 is 2.82 bits per heavy atom. The summed E-state index contributed by atoms with van der Waals surface area (Å²) >= 11 is 0. The highest BCUT2D eigenvalue weighted by Gasteiger charge is 2.38. The van der Waals surface area contributed by atoms with E-state index < -0.39 is 14.3 Å². The van der Waals surface area contributed by atoms with Gasteiger partial charge in [-0.1, -0.05) is 6.07 Å². The zero-order valence-corrected chi connectivity index (χ0v) is 13.3. The van der Waals surface area contributed by atoms with Crippen molar-refractivity contribution >= 4 is 42.2 Å². The molecule has 1 amide bonds. The van der Waals surface area contributed by atoms with Gasteiger partial charge in [-0.2, -0.15) is 0 Å². The first-order valence-electron chi connectivity index (χ1n) is 6.57. The molecule has 1 aromatic carbocycles. The number of amides is 1. The minimum Gasteiger partial charge on any atom is -0.497 e. The van der Waals surface area contributed by atoms with E-state index in [-0.39, 0.29) is 18.9 Å². The third kappa shape index (κ3) is 2.62. The lowest BCUT2D eigenvalue weighted by molar-refractivity contribution is -0.117. The van der Waals surface area contributed by atoms with Crippen molar-refractivity contribution in [3.63, 3.8) is 0 Å². The maximum absolute atomic E-state index is 12.2. The van der Waals surface area contributed by atoms with Gasteiger partial charge in [-0.05, 0) is 12.1 Å². The number of carbonyl (C=O) groups is 1. The number of ether oxygens (including phenoxy) is 1. The van der Waals surface area contributed by atoms with Gasteiger partial charge in [0.2, 0.25) is 15.0 Å². The van der Waals surface area contributed by atoms with Gasteiger partial charge in [0.05, 0.1) is 18.3 Å². The molecule has 0 bridgehead atoms. The third-order valence-electron chi connectivity index (χ3n) is 3.67. The van der Waals surface area contributed by atoms with Crippen LogP contribution in [0.1, 0.15) is 6.42 Å². The van der Waals surface area contributed by atoms with Crippen LogP contribution in [0.4, 0.5) is 5.69 Å². The van der Waals surface area contributed by atoms with Crippen molar-refractivity contribution in [2.24, 2.45) is 0 Å². The van der Waals surface area contributed by atoms with E-state index in [1.54, 1.807) is 18.3 Å². The molecule has 8 heteroatoms. The standard InChI is InChI=1S/C14H13ClN2O4S/c1-21-10-5-9-3-2-4-16-14(9)12(6-10)17-8-11(7-13(17)18)22(15,19)20/h2-6,11H,7-8H2,1H3. The van der Waals surface area contributed by atoms with Crippen LogP contribution in [-0.4, -0.2) is 38.2 Å². The van der Waals surface area contributed by atoms with E-state index in [9.17, 15) is 13.2 Å². The Morgan fingerprint density at radius 1 is 1.41 bits per heavy atom. The molecule has 22 heavy (non-hydrogen) atoms. The first-order valence-corrected chi connectivity index (χ1v) is 8.94. The second-order valence-electron chi connectivity index (χ2n) is 5.03. The molecule has 0 radical (unpaired) electrons. The number of halogens is 1. The predicted octanol–water partition coefficient (Wildman–Crippen LogP) is 1.92. The maximum atomic E-state index is 12.2. The van der Waals surface area contributed by atoms with Crippen molar-refractivity contribution in [1.82, 2.24) is 4.98 Å². The molecule has 116 valence electrons. The van der Waals surface area contributed by atoms with E-state index >= 15 is 0 Å². The molecule has 2 heterocycles. The Kier molecular flexibility index (Phi) is 3.70. The average molecular weight is 341 g/mol. The van der Waals surface area contributed by atoms with Crippen LogP contribution in [0.2, 0.25) is 0 Å². The van der Waals surface area contributed by atoms with Crippen molar-refractivity contribution < 1.29 is 17.9 Å². The summed E-state index contributed by atoms with van der Waals surface area (Å²) in [6.45, 7) is 0.0174. The number of anilines is 1. The van der Waals surface area contributed by atoms with Gasteiger partial charge in [0.15, 0.2) is 0 Å². The highest BCUT2D eigenvalue weighted by atomic mass is 35.7. The van der Waals surface area contributed by atoms with Crippen molar-refractivity contribution in [3.8, 4) is 5.75 Å². The molecular formula is C14H13ClN2O4S. The SMILES string of the molecule is COc1cc(N2CC(S(=O)(=O)Cl)CC2=O)c2ncccc2c1. The number of aromatic nitrogens is 1. The number of hydrogen-bond donors (Lipinski definition) is 0. The number of pyridine rings is 1. The maximum Gasteiger partial charge on any atom is 0.237 e. The van der Waals surface area contributed by atoms with Gasteiger partial charge < -0.3 is 9.64 Å². The zero-order chi connectivity index (χ0) is 15.9. The van der Waals surface area contributed by atoms with Crippen molar-refractivity contribution in [3.05, 3.63) is 30.5 Å². The molecule has 1 atom stereocenters. The van der Waals surface area contributed by atoms with Crippen LogP contribution in [0.3, 0.4) is 0 Å². The smallest absolute Gasteiger partial charge is 0.237 e. The first kappa shape index (κ1) is 15.1. The quantitative estimate of drug-likeness (QED) is 0.798. The molecule has 3 rings (SSSR count). The summed E-state index contributed by atoms with van der Waals surface area (Å²) in [5, 5.41) is -0.103. The molecule has 0 saturated carbocycles. The molecule has 1 unspecified atom stereocenters. The topological polar surface area (TPSA) is 76.6 Å². The number of nitrogens with zero attached hydrogens (tertiary/aromatic N) is 2. The van der Waals surface area contributed by atoms with E-state index in [1.807, 2.05) is 12.1 Å². The fourth-order valence-electron chi connectivity index (χ4n) is 2.57. The van der Waals surface area contributed by atoms with E-state index in [0.717, 1.165) is 5.39 Å². The van der Waals surface area contributed by atoms with Crippen LogP contribution < -0.4 is 9.64 Å². The molecule has 6 nitrogen and oxygen atoms in total. The van der Waals surface area contributed by atoms with Crippen LogP contribution in [0.25, 0.3) is 10.9 Å². The van der Waals surface area contributed by atoms with Gasteiger partial charge in [0.1, 0.15) is 11.0 Å². The lowest BCUT2D eigenvalue weighted by Crippen LogP contribution is -2.27. The fraction of sp³-hybridized carbons (Fsp3) is 0.286. The van der Waals surface area contributed by atoms with Gasteiger partial charge in [-0.3, -0.25) is 9.78 Å². The monoisotopic (exact) mass is 340 g/mol. The molecule has 2 aromatic rings. The molecule has 0 aliphatic carbocycles. The highest BCUT2D eigenvalue weighted by Crippen LogP contribution is 2.34. The molecule has 1 fully saturated rings. The van der Waals surface area contributed by atoms with Crippen LogP contribution >= 0.6 is 10.7 Å². The lowest BCUT2D eigenvalue weighted by Gasteiger charge is -2.19. The molecule has 0 N–H and O–H groups in total. The van der Waals surface area contributed by atoms with Gasteiger partial charge in [0.25, 0.3) is 0 Å². The summed E-state index contributed by atoms with van der Waals surface area (Å²) in [6, 6.07) is 7.12. The summed E-state index contributed by atoms with van der Waals surface area (Å²) in [6.07, 6.45) is 1.49. The normalized spacial score (nSPS) is 18.9. The largest absolute Gasteiger partial charge is 0.497 e. The second-order valence-corrected chi connectivity index (χ2v) is 7.94. The fourth-order valence-corrected chi connectivity index (χ4v) is 3.59. The molecular weight excluding hydrogens is 328 g/mol. The Labute approximate surface area is 132 Å². The zero-order valence-electron chi connectivity index (χ0n) is 11.7. The highest BCUT2D eigenvalue weighted by molar-refractivity contribution is 8.14.